The molecule has 156 valence electrons. The van der Waals surface area contributed by atoms with Gasteiger partial charge in [0, 0.05) is 56.0 Å². The van der Waals surface area contributed by atoms with E-state index >= 15 is 0 Å². The molecular formula is C21H29N5O2S. The molecule has 2 N–H and O–H groups in total. The predicted molar refractivity (Wildman–Crippen MR) is 114 cm³/mol. The fraction of sp³-hybridized carbons (Fsp3) is 0.476. The predicted octanol–water partition coefficient (Wildman–Crippen LogP) is 1.64. The van der Waals surface area contributed by atoms with Crippen molar-refractivity contribution in [2.45, 2.75) is 32.5 Å². The Morgan fingerprint density at radius 1 is 1.17 bits per heavy atom. The normalized spacial score (nSPS) is 17.4. The van der Waals surface area contributed by atoms with Crippen molar-refractivity contribution < 1.29 is 9.59 Å². The first-order valence-electron chi connectivity index (χ1n) is 10.1. The first-order chi connectivity index (χ1) is 14.1. The van der Waals surface area contributed by atoms with Crippen LogP contribution in [0.5, 0.6) is 0 Å². The Morgan fingerprint density at radius 2 is 1.97 bits per heavy atom. The number of rotatable bonds is 7. The molecule has 3 heterocycles. The summed E-state index contributed by atoms with van der Waals surface area (Å²) in [5.74, 6) is -1.23. The van der Waals surface area contributed by atoms with E-state index in [1.54, 1.807) is 29.8 Å². The summed E-state index contributed by atoms with van der Waals surface area (Å²) in [6.07, 6.45) is 3.34. The second-order valence-electron chi connectivity index (χ2n) is 7.24. The molecule has 1 aliphatic rings. The largest absolute Gasteiger partial charge is 0.344 e. The molecule has 2 unspecified atom stereocenters. The van der Waals surface area contributed by atoms with E-state index in [1.807, 2.05) is 19.1 Å². The number of aromatic nitrogens is 1. The average Bonchev–Trinajstić information content (AvgIpc) is 3.27. The Bertz CT molecular complexity index is 776. The van der Waals surface area contributed by atoms with Crippen LogP contribution < -0.4 is 10.6 Å². The van der Waals surface area contributed by atoms with Gasteiger partial charge < -0.3 is 15.5 Å². The van der Waals surface area contributed by atoms with Crippen molar-refractivity contribution in [3.05, 3.63) is 52.5 Å². The molecule has 1 saturated heterocycles. The van der Waals surface area contributed by atoms with Crippen molar-refractivity contribution in [2.24, 2.45) is 0 Å². The second-order valence-corrected chi connectivity index (χ2v) is 8.22. The standard InChI is InChI=1S/C21H29N5O2S/c1-3-25-9-11-26(12-10-25)19(18-7-5-13-29-18)16(2)24-21(28)20(27)23-15-17-6-4-8-22-14-17/h4-8,13-14,16,19H,3,9-12,15H2,1-2H3,(H,23,27)(H,24,28). The molecule has 3 rings (SSSR count). The van der Waals surface area contributed by atoms with Crippen LogP contribution in [0.2, 0.25) is 0 Å². The van der Waals surface area contributed by atoms with Gasteiger partial charge in [-0.1, -0.05) is 19.1 Å². The lowest BCUT2D eigenvalue weighted by Crippen LogP contribution is -2.53. The zero-order valence-corrected chi connectivity index (χ0v) is 17.8. The lowest BCUT2D eigenvalue weighted by molar-refractivity contribution is -0.140. The Balaban J connectivity index is 1.59. The summed E-state index contributed by atoms with van der Waals surface area (Å²) in [6, 6.07) is 7.67. The van der Waals surface area contributed by atoms with Crippen molar-refractivity contribution in [1.82, 2.24) is 25.4 Å². The molecule has 0 aromatic carbocycles. The number of pyridine rings is 1. The number of carbonyl (C=O) groups excluding carboxylic acids is 2. The zero-order chi connectivity index (χ0) is 20.6. The fourth-order valence-corrected chi connectivity index (χ4v) is 4.64. The highest BCUT2D eigenvalue weighted by molar-refractivity contribution is 7.10. The summed E-state index contributed by atoms with van der Waals surface area (Å²) in [4.78, 5) is 34.8. The van der Waals surface area contributed by atoms with Crippen LogP contribution in [0.3, 0.4) is 0 Å². The highest BCUT2D eigenvalue weighted by atomic mass is 32.1. The second kappa shape index (κ2) is 10.5. The number of hydrogen-bond donors (Lipinski definition) is 2. The first kappa shape index (κ1) is 21.4. The quantitative estimate of drug-likeness (QED) is 0.673. The third-order valence-electron chi connectivity index (χ3n) is 5.30. The van der Waals surface area contributed by atoms with E-state index in [2.05, 4.69) is 43.8 Å². The third-order valence-corrected chi connectivity index (χ3v) is 6.24. The Labute approximate surface area is 176 Å². The van der Waals surface area contributed by atoms with Gasteiger partial charge in [0.25, 0.3) is 0 Å². The molecule has 0 aliphatic carbocycles. The Morgan fingerprint density at radius 3 is 2.59 bits per heavy atom. The third kappa shape index (κ3) is 5.85. The van der Waals surface area contributed by atoms with Gasteiger partial charge in [0.05, 0.1) is 6.04 Å². The molecule has 8 heteroatoms. The van der Waals surface area contributed by atoms with Gasteiger partial charge in [-0.3, -0.25) is 19.5 Å². The summed E-state index contributed by atoms with van der Waals surface area (Å²) >= 11 is 1.69. The number of piperazine rings is 1. The molecule has 0 spiro atoms. The molecule has 2 aromatic rings. The molecular weight excluding hydrogens is 386 g/mol. The maximum absolute atomic E-state index is 12.5. The number of thiophene rings is 1. The Kier molecular flexibility index (Phi) is 7.74. The summed E-state index contributed by atoms with van der Waals surface area (Å²) in [7, 11) is 0. The first-order valence-corrected chi connectivity index (χ1v) is 10.9. The Hall–Kier alpha value is -2.29. The molecule has 1 aliphatic heterocycles. The minimum Gasteiger partial charge on any atom is -0.344 e. The molecule has 7 nitrogen and oxygen atoms in total. The lowest BCUT2D eigenvalue weighted by atomic mass is 10.0. The number of likely N-dealkylation sites (N-methyl/N-ethyl adjacent to an activating group) is 1. The van der Waals surface area contributed by atoms with E-state index < -0.39 is 11.8 Å². The maximum atomic E-state index is 12.5. The number of nitrogens with one attached hydrogen (secondary N) is 2. The van der Waals surface area contributed by atoms with Crippen LogP contribution in [-0.4, -0.2) is 65.4 Å². The van der Waals surface area contributed by atoms with Gasteiger partial charge in [0.2, 0.25) is 0 Å². The minimum absolute atomic E-state index is 0.0593. The molecule has 2 aromatic heterocycles. The van der Waals surface area contributed by atoms with Gasteiger partial charge in [-0.15, -0.1) is 11.3 Å². The van der Waals surface area contributed by atoms with Crippen LogP contribution in [0, 0.1) is 0 Å². The molecule has 1 fully saturated rings. The number of hydrogen-bond acceptors (Lipinski definition) is 6. The molecule has 2 atom stereocenters. The van der Waals surface area contributed by atoms with Crippen molar-refractivity contribution in [3.8, 4) is 0 Å². The molecule has 29 heavy (non-hydrogen) atoms. The highest BCUT2D eigenvalue weighted by Crippen LogP contribution is 2.29. The van der Waals surface area contributed by atoms with E-state index in [9.17, 15) is 9.59 Å². The van der Waals surface area contributed by atoms with Crippen molar-refractivity contribution in [1.29, 1.82) is 0 Å². The van der Waals surface area contributed by atoms with Gasteiger partial charge in [-0.05, 0) is 36.5 Å². The van der Waals surface area contributed by atoms with E-state index in [4.69, 9.17) is 0 Å². The summed E-state index contributed by atoms with van der Waals surface area (Å²) in [5, 5.41) is 7.63. The van der Waals surface area contributed by atoms with E-state index in [1.165, 1.54) is 4.88 Å². The molecule has 0 saturated carbocycles. The SMILES string of the molecule is CCN1CCN(C(c2cccs2)C(C)NC(=O)C(=O)NCc2cccnc2)CC1. The van der Waals surface area contributed by atoms with Gasteiger partial charge in [-0.25, -0.2) is 0 Å². The maximum Gasteiger partial charge on any atom is 0.309 e. The fourth-order valence-electron chi connectivity index (χ4n) is 3.68. The van der Waals surface area contributed by atoms with Gasteiger partial charge in [0.15, 0.2) is 0 Å². The number of carbonyl (C=O) groups is 2. The molecule has 0 radical (unpaired) electrons. The van der Waals surface area contributed by atoms with Crippen LogP contribution >= 0.6 is 11.3 Å². The smallest absolute Gasteiger partial charge is 0.309 e. The minimum atomic E-state index is -0.624. The topological polar surface area (TPSA) is 77.6 Å². The van der Waals surface area contributed by atoms with Crippen LogP contribution in [0.4, 0.5) is 0 Å². The monoisotopic (exact) mass is 415 g/mol. The van der Waals surface area contributed by atoms with Crippen LogP contribution in [0.1, 0.15) is 30.3 Å². The van der Waals surface area contributed by atoms with Crippen LogP contribution in [0.15, 0.2) is 42.0 Å². The highest BCUT2D eigenvalue weighted by Gasteiger charge is 2.31. The summed E-state index contributed by atoms with van der Waals surface area (Å²) < 4.78 is 0. The van der Waals surface area contributed by atoms with E-state index in [0.29, 0.717) is 0 Å². The van der Waals surface area contributed by atoms with Crippen LogP contribution in [0.25, 0.3) is 0 Å². The zero-order valence-electron chi connectivity index (χ0n) is 17.0. The van der Waals surface area contributed by atoms with E-state index in [-0.39, 0.29) is 18.6 Å². The lowest BCUT2D eigenvalue weighted by Gasteiger charge is -2.41. The number of nitrogens with zero attached hydrogens (tertiary/aromatic N) is 3. The molecule has 2 amide bonds. The number of amides is 2. The average molecular weight is 416 g/mol. The summed E-state index contributed by atoms with van der Waals surface area (Å²) in [5.41, 5.74) is 0.854. The van der Waals surface area contributed by atoms with Gasteiger partial charge >= 0.3 is 11.8 Å². The van der Waals surface area contributed by atoms with Crippen molar-refractivity contribution in [3.63, 3.8) is 0 Å². The van der Waals surface area contributed by atoms with Crippen LogP contribution in [-0.2, 0) is 16.1 Å². The van der Waals surface area contributed by atoms with Crippen molar-refractivity contribution in [2.75, 3.05) is 32.7 Å². The van der Waals surface area contributed by atoms with E-state index in [0.717, 1.165) is 38.3 Å². The van der Waals surface area contributed by atoms with Gasteiger partial charge in [0.1, 0.15) is 0 Å². The van der Waals surface area contributed by atoms with Gasteiger partial charge in [-0.2, -0.15) is 0 Å². The summed E-state index contributed by atoms with van der Waals surface area (Å²) in [6.45, 7) is 9.42. The van der Waals surface area contributed by atoms with Crippen molar-refractivity contribution >= 4 is 23.2 Å². The molecule has 0 bridgehead atoms.